The number of carbonyl (C=O) groups excluding carboxylic acids is 1. The summed E-state index contributed by atoms with van der Waals surface area (Å²) in [5.74, 6) is -0.502. The number of pyridine rings is 1. The van der Waals surface area contributed by atoms with Crippen molar-refractivity contribution in [3.63, 3.8) is 0 Å². The topological polar surface area (TPSA) is 63.6 Å². The Labute approximate surface area is 198 Å². The van der Waals surface area contributed by atoms with E-state index in [-0.39, 0.29) is 17.7 Å². The number of benzene rings is 3. The normalized spacial score (nSPS) is 14.4. The summed E-state index contributed by atoms with van der Waals surface area (Å²) in [6.45, 7) is 1.72. The standard InChI is InChI=1S/C26H22F3N3O3/c27-26(28,29)17-9-10-23(31-11-13-35-14-12-31)20(15-17)30-24(33)16-32-21-7-3-1-5-18(21)25(34)19-6-2-4-8-22(19)32/h1-10,15H,11-14,16H2,(H,30,33). The lowest BCUT2D eigenvalue weighted by Gasteiger charge is -2.31. The predicted molar refractivity (Wildman–Crippen MR) is 129 cm³/mol. The molecule has 0 radical (unpaired) electrons. The van der Waals surface area contributed by atoms with E-state index in [1.807, 2.05) is 4.90 Å². The van der Waals surface area contributed by atoms with Gasteiger partial charge in [-0.25, -0.2) is 0 Å². The van der Waals surface area contributed by atoms with Gasteiger partial charge in [0.1, 0.15) is 6.54 Å². The molecule has 6 nitrogen and oxygen atoms in total. The molecule has 0 atom stereocenters. The Morgan fingerprint density at radius 2 is 1.51 bits per heavy atom. The van der Waals surface area contributed by atoms with E-state index in [0.29, 0.717) is 53.8 Å². The van der Waals surface area contributed by atoms with E-state index in [1.165, 1.54) is 6.07 Å². The second-order valence-corrected chi connectivity index (χ2v) is 8.33. The number of halogens is 3. The molecule has 1 fully saturated rings. The van der Waals surface area contributed by atoms with Crippen molar-refractivity contribution < 1.29 is 22.7 Å². The second kappa shape index (κ2) is 9.07. The summed E-state index contributed by atoms with van der Waals surface area (Å²) in [5.41, 5.74) is 0.752. The van der Waals surface area contributed by atoms with Crippen LogP contribution in [0.5, 0.6) is 0 Å². The molecule has 5 rings (SSSR count). The first-order chi connectivity index (χ1) is 16.8. The van der Waals surface area contributed by atoms with Crippen LogP contribution in [0.15, 0.2) is 71.5 Å². The second-order valence-electron chi connectivity index (χ2n) is 8.33. The summed E-state index contributed by atoms with van der Waals surface area (Å²) in [4.78, 5) is 28.0. The number of para-hydroxylation sites is 2. The quantitative estimate of drug-likeness (QED) is 0.431. The van der Waals surface area contributed by atoms with Crippen molar-refractivity contribution in [1.82, 2.24) is 4.57 Å². The summed E-state index contributed by atoms with van der Waals surface area (Å²) in [6, 6.07) is 17.3. The number of fused-ring (bicyclic) bond motifs is 2. The summed E-state index contributed by atoms with van der Waals surface area (Å²) < 4.78 is 47.4. The van der Waals surface area contributed by atoms with Crippen molar-refractivity contribution in [2.75, 3.05) is 36.5 Å². The third-order valence-electron chi connectivity index (χ3n) is 6.13. The molecular formula is C26H22F3N3O3. The number of hydrogen-bond donors (Lipinski definition) is 1. The summed E-state index contributed by atoms with van der Waals surface area (Å²) in [5, 5.41) is 3.62. The summed E-state index contributed by atoms with van der Waals surface area (Å²) >= 11 is 0. The van der Waals surface area contributed by atoms with Crippen molar-refractivity contribution in [3.8, 4) is 0 Å². The number of carbonyl (C=O) groups is 1. The van der Waals surface area contributed by atoms with E-state index in [0.717, 1.165) is 12.1 Å². The van der Waals surface area contributed by atoms with Gasteiger partial charge in [0, 0.05) is 23.9 Å². The Morgan fingerprint density at radius 3 is 2.11 bits per heavy atom. The Bertz CT molecular complexity index is 1410. The van der Waals surface area contributed by atoms with Crippen LogP contribution in [0.1, 0.15) is 5.56 Å². The van der Waals surface area contributed by atoms with Gasteiger partial charge in [0.15, 0.2) is 5.43 Å². The average molecular weight is 481 g/mol. The van der Waals surface area contributed by atoms with Crippen molar-refractivity contribution in [1.29, 1.82) is 0 Å². The molecular weight excluding hydrogens is 459 g/mol. The molecule has 0 aliphatic carbocycles. The molecule has 9 heteroatoms. The van der Waals surface area contributed by atoms with Crippen LogP contribution in [0, 0.1) is 0 Å². The summed E-state index contributed by atoms with van der Waals surface area (Å²) in [6.07, 6.45) is -4.55. The molecule has 1 aliphatic rings. The van der Waals surface area contributed by atoms with Crippen LogP contribution in [0.4, 0.5) is 24.5 Å². The highest BCUT2D eigenvalue weighted by Crippen LogP contribution is 2.36. The smallest absolute Gasteiger partial charge is 0.378 e. The van der Waals surface area contributed by atoms with Gasteiger partial charge in [-0.2, -0.15) is 13.2 Å². The fraction of sp³-hybridized carbons (Fsp3) is 0.231. The van der Waals surface area contributed by atoms with Crippen molar-refractivity contribution in [3.05, 3.63) is 82.5 Å². The Morgan fingerprint density at radius 1 is 0.914 bits per heavy atom. The van der Waals surface area contributed by atoms with Gasteiger partial charge < -0.3 is 19.5 Å². The minimum Gasteiger partial charge on any atom is -0.378 e. The zero-order chi connectivity index (χ0) is 24.6. The van der Waals surface area contributed by atoms with Gasteiger partial charge >= 0.3 is 6.18 Å². The van der Waals surface area contributed by atoms with E-state index < -0.39 is 17.6 Å². The van der Waals surface area contributed by atoms with Crippen molar-refractivity contribution in [2.45, 2.75) is 12.7 Å². The molecule has 2 heterocycles. The molecule has 1 amide bonds. The monoisotopic (exact) mass is 481 g/mol. The van der Waals surface area contributed by atoms with Crippen molar-refractivity contribution in [2.24, 2.45) is 0 Å². The zero-order valence-electron chi connectivity index (χ0n) is 18.6. The number of rotatable bonds is 4. The number of amides is 1. The first-order valence-corrected chi connectivity index (χ1v) is 11.2. The van der Waals surface area contributed by atoms with Crippen LogP contribution in [0.3, 0.4) is 0 Å². The highest BCUT2D eigenvalue weighted by molar-refractivity contribution is 5.98. The van der Waals surface area contributed by atoms with Crippen LogP contribution in [0.2, 0.25) is 0 Å². The molecule has 1 aliphatic heterocycles. The number of aromatic nitrogens is 1. The fourth-order valence-corrected chi connectivity index (χ4v) is 4.47. The van der Waals surface area contributed by atoms with Gasteiger partial charge in [0.2, 0.25) is 5.91 Å². The van der Waals surface area contributed by atoms with Gasteiger partial charge in [0.05, 0.1) is 41.2 Å². The highest BCUT2D eigenvalue weighted by atomic mass is 19.4. The van der Waals surface area contributed by atoms with Gasteiger partial charge in [-0.05, 0) is 42.5 Å². The first kappa shape index (κ1) is 22.9. The van der Waals surface area contributed by atoms with E-state index in [2.05, 4.69) is 5.32 Å². The van der Waals surface area contributed by atoms with Gasteiger partial charge in [0.25, 0.3) is 0 Å². The lowest BCUT2D eigenvalue weighted by Crippen LogP contribution is -2.37. The Hall–Kier alpha value is -3.85. The molecule has 1 N–H and O–H groups in total. The van der Waals surface area contributed by atoms with Gasteiger partial charge in [-0.15, -0.1) is 0 Å². The number of anilines is 2. The largest absolute Gasteiger partial charge is 0.416 e. The van der Waals surface area contributed by atoms with Gasteiger partial charge in [-0.1, -0.05) is 24.3 Å². The third kappa shape index (κ3) is 4.46. The molecule has 35 heavy (non-hydrogen) atoms. The lowest BCUT2D eigenvalue weighted by molar-refractivity contribution is -0.137. The molecule has 1 saturated heterocycles. The van der Waals surface area contributed by atoms with E-state index in [9.17, 15) is 22.8 Å². The van der Waals surface area contributed by atoms with E-state index in [1.54, 1.807) is 53.1 Å². The molecule has 180 valence electrons. The summed E-state index contributed by atoms with van der Waals surface area (Å²) in [7, 11) is 0. The Kier molecular flexibility index (Phi) is 5.94. The SMILES string of the molecule is O=C(Cn1c2ccccc2c(=O)c2ccccc21)Nc1cc(C(F)(F)F)ccc1N1CCOCC1. The highest BCUT2D eigenvalue weighted by Gasteiger charge is 2.32. The predicted octanol–water partition coefficient (Wildman–Crippen LogP) is 4.65. The maximum atomic E-state index is 13.4. The zero-order valence-corrected chi connectivity index (χ0v) is 18.6. The molecule has 0 spiro atoms. The van der Waals surface area contributed by atoms with E-state index in [4.69, 9.17) is 4.74 Å². The number of ether oxygens (including phenoxy) is 1. The van der Waals surface area contributed by atoms with Crippen LogP contribution >= 0.6 is 0 Å². The molecule has 1 aromatic heterocycles. The fourth-order valence-electron chi connectivity index (χ4n) is 4.47. The molecule has 4 aromatic rings. The maximum Gasteiger partial charge on any atom is 0.416 e. The van der Waals surface area contributed by atoms with Crippen LogP contribution in [-0.2, 0) is 22.3 Å². The number of nitrogens with zero attached hydrogens (tertiary/aromatic N) is 2. The minimum absolute atomic E-state index is 0.0846. The number of hydrogen-bond acceptors (Lipinski definition) is 4. The molecule has 0 saturated carbocycles. The van der Waals surface area contributed by atoms with Crippen LogP contribution in [0.25, 0.3) is 21.8 Å². The number of morpholine rings is 1. The number of nitrogens with one attached hydrogen (secondary N) is 1. The Balaban J connectivity index is 1.54. The third-order valence-corrected chi connectivity index (χ3v) is 6.13. The van der Waals surface area contributed by atoms with Crippen molar-refractivity contribution >= 4 is 39.1 Å². The van der Waals surface area contributed by atoms with Crippen LogP contribution in [-0.4, -0.2) is 36.8 Å². The molecule has 3 aromatic carbocycles. The first-order valence-electron chi connectivity index (χ1n) is 11.2. The lowest BCUT2D eigenvalue weighted by atomic mass is 10.1. The minimum atomic E-state index is -4.55. The maximum absolute atomic E-state index is 13.4. The number of alkyl halides is 3. The van der Waals surface area contributed by atoms with Crippen LogP contribution < -0.4 is 15.6 Å². The average Bonchev–Trinajstić information content (AvgIpc) is 2.86. The van der Waals surface area contributed by atoms with E-state index >= 15 is 0 Å². The van der Waals surface area contributed by atoms with Gasteiger partial charge in [-0.3, -0.25) is 9.59 Å². The molecule has 0 bridgehead atoms. The molecule has 0 unspecified atom stereocenters.